The topological polar surface area (TPSA) is 82.1 Å². The number of ketones is 1. The van der Waals surface area contributed by atoms with Crippen LogP contribution in [0.4, 0.5) is 0 Å². The summed E-state index contributed by atoms with van der Waals surface area (Å²) in [6.07, 6.45) is 3.11. The van der Waals surface area contributed by atoms with Crippen LogP contribution < -0.4 is 0 Å². The van der Waals surface area contributed by atoms with Crippen molar-refractivity contribution >= 4 is 11.8 Å². The second kappa shape index (κ2) is 4.89. The molecule has 26 heavy (non-hydrogen) atoms. The normalized spacial score (nSPS) is 58.5. The number of esters is 1. The van der Waals surface area contributed by atoms with Gasteiger partial charge in [-0.3, -0.25) is 9.59 Å². The number of rotatable bonds is 0. The summed E-state index contributed by atoms with van der Waals surface area (Å²) >= 11 is 0. The Bertz CT molecular complexity index is 692. The number of aliphatic hydroxyl groups excluding tert-OH is 1. The van der Waals surface area contributed by atoms with Crippen molar-refractivity contribution in [3.63, 3.8) is 0 Å². The molecule has 144 valence electrons. The number of Topliss-reactive ketones (excluding diaryl/α,β-unsaturated/α-hetero) is 1. The quantitative estimate of drug-likeness (QED) is 0.523. The van der Waals surface area contributed by atoms with E-state index >= 15 is 0 Å². The molecule has 3 heterocycles. The summed E-state index contributed by atoms with van der Waals surface area (Å²) in [6.45, 7) is 6.60. The third kappa shape index (κ3) is 1.74. The van der Waals surface area contributed by atoms with Gasteiger partial charge >= 0.3 is 5.97 Å². The second-order valence-electron chi connectivity index (χ2n) is 9.75. The van der Waals surface area contributed by atoms with Gasteiger partial charge in [0.2, 0.25) is 0 Å². The number of hydrogen-bond acceptors (Lipinski definition) is 6. The van der Waals surface area contributed by atoms with E-state index in [9.17, 15) is 14.7 Å². The molecule has 2 saturated carbocycles. The fourth-order valence-electron chi connectivity index (χ4n) is 7.29. The van der Waals surface area contributed by atoms with Gasteiger partial charge in [0.05, 0.1) is 17.8 Å². The van der Waals surface area contributed by atoms with Crippen molar-refractivity contribution < 1.29 is 28.9 Å². The zero-order valence-corrected chi connectivity index (χ0v) is 15.7. The molecule has 0 aromatic rings. The summed E-state index contributed by atoms with van der Waals surface area (Å²) < 4.78 is 18.1. The number of carbonyl (C=O) groups excluding carboxylic acids is 2. The third-order valence-electron chi connectivity index (χ3n) is 8.60. The fourth-order valence-corrected chi connectivity index (χ4v) is 7.29. The van der Waals surface area contributed by atoms with Crippen molar-refractivity contribution in [2.45, 2.75) is 82.9 Å². The first-order valence-electron chi connectivity index (χ1n) is 9.91. The van der Waals surface area contributed by atoms with Crippen molar-refractivity contribution in [1.82, 2.24) is 0 Å². The molecule has 0 radical (unpaired) electrons. The van der Waals surface area contributed by atoms with Gasteiger partial charge in [-0.15, -0.1) is 0 Å². The molecule has 1 N–H and O–H groups in total. The lowest BCUT2D eigenvalue weighted by atomic mass is 9.44. The van der Waals surface area contributed by atoms with Gasteiger partial charge < -0.3 is 19.3 Å². The summed E-state index contributed by atoms with van der Waals surface area (Å²) in [5, 5.41) is 9.90. The molecule has 6 nitrogen and oxygen atoms in total. The molecule has 0 bridgehead atoms. The molecule has 0 aromatic carbocycles. The van der Waals surface area contributed by atoms with Crippen molar-refractivity contribution in [2.75, 3.05) is 6.61 Å². The number of aliphatic hydroxyl groups is 1. The summed E-state index contributed by atoms with van der Waals surface area (Å²) in [7, 11) is 0. The van der Waals surface area contributed by atoms with E-state index in [0.717, 1.165) is 25.7 Å². The van der Waals surface area contributed by atoms with Gasteiger partial charge in [-0.25, -0.2) is 0 Å². The van der Waals surface area contributed by atoms with Gasteiger partial charge in [0.15, 0.2) is 6.29 Å². The minimum absolute atomic E-state index is 0.0181. The first-order valence-corrected chi connectivity index (χ1v) is 9.91. The number of ether oxygens (including phenoxy) is 3. The molecule has 0 aromatic heterocycles. The highest BCUT2D eigenvalue weighted by molar-refractivity contribution is 6.06. The molecule has 5 rings (SSSR count). The largest absolute Gasteiger partial charge is 0.461 e. The summed E-state index contributed by atoms with van der Waals surface area (Å²) in [5.74, 6) is -0.249. The second-order valence-corrected chi connectivity index (χ2v) is 9.75. The van der Waals surface area contributed by atoms with E-state index < -0.39 is 22.9 Å². The predicted molar refractivity (Wildman–Crippen MR) is 90.0 cm³/mol. The van der Waals surface area contributed by atoms with Gasteiger partial charge in [-0.1, -0.05) is 13.8 Å². The van der Waals surface area contributed by atoms with E-state index in [4.69, 9.17) is 14.2 Å². The Kier molecular flexibility index (Phi) is 3.22. The standard InChI is InChI=1S/C20H28O6/c1-11-8-12-15-17(2,5-4-13(21)18(15,3)16(23)25-12)20(11)7-6-19(26-20)9-14(22)24-10-19/h11-12,14-15,22H,4-10H2,1-3H3/t11-,12-,14+,15-,17+,18+,19+,20-/m1/s1. The van der Waals surface area contributed by atoms with E-state index in [0.29, 0.717) is 19.4 Å². The lowest BCUT2D eigenvalue weighted by Crippen LogP contribution is -2.67. The monoisotopic (exact) mass is 364 g/mol. The van der Waals surface area contributed by atoms with Gasteiger partial charge in [-0.05, 0) is 38.5 Å². The molecule has 2 aliphatic carbocycles. The Morgan fingerprint density at radius 3 is 2.62 bits per heavy atom. The molecule has 5 fully saturated rings. The number of carbonyl (C=O) groups is 2. The molecule has 8 atom stereocenters. The van der Waals surface area contributed by atoms with Crippen molar-refractivity contribution in [2.24, 2.45) is 22.7 Å². The van der Waals surface area contributed by atoms with Gasteiger partial charge in [0, 0.05) is 24.2 Å². The summed E-state index contributed by atoms with van der Waals surface area (Å²) in [4.78, 5) is 25.5. The van der Waals surface area contributed by atoms with Crippen molar-refractivity contribution in [3.05, 3.63) is 0 Å². The van der Waals surface area contributed by atoms with Crippen molar-refractivity contribution in [3.8, 4) is 0 Å². The Morgan fingerprint density at radius 2 is 1.92 bits per heavy atom. The lowest BCUT2D eigenvalue weighted by Gasteiger charge is -2.61. The molecule has 6 heteroatoms. The minimum Gasteiger partial charge on any atom is -0.461 e. The van der Waals surface area contributed by atoms with Crippen LogP contribution in [-0.4, -0.2) is 47.1 Å². The Balaban J connectivity index is 1.60. The first kappa shape index (κ1) is 17.1. The average molecular weight is 364 g/mol. The first-order chi connectivity index (χ1) is 12.2. The fraction of sp³-hybridized carbons (Fsp3) is 0.900. The number of fused-ring (bicyclic) bond motifs is 1. The lowest BCUT2D eigenvalue weighted by molar-refractivity contribution is -0.247. The maximum atomic E-state index is 12.8. The van der Waals surface area contributed by atoms with E-state index in [-0.39, 0.29) is 35.1 Å². The molecule has 5 aliphatic rings. The zero-order chi connectivity index (χ0) is 18.5. The highest BCUT2D eigenvalue weighted by atomic mass is 16.6. The highest BCUT2D eigenvalue weighted by Crippen LogP contribution is 2.70. The Labute approximate surface area is 153 Å². The maximum absolute atomic E-state index is 12.8. The van der Waals surface area contributed by atoms with Gasteiger partial charge in [-0.2, -0.15) is 0 Å². The SMILES string of the molecule is C[C@@H]1C[C@H]2OC(=O)[C@@]3(C)C(=O)CC[C@@](C)([C@@H]23)[C@@]12CC[C@]1(CO[C@H](O)C1)O2. The molecule has 3 saturated heterocycles. The van der Waals surface area contributed by atoms with Crippen LogP contribution >= 0.6 is 0 Å². The van der Waals surface area contributed by atoms with Gasteiger partial charge in [0.1, 0.15) is 17.3 Å². The third-order valence-corrected chi connectivity index (χ3v) is 8.60. The molecular weight excluding hydrogens is 336 g/mol. The Hall–Kier alpha value is -0.980. The van der Waals surface area contributed by atoms with Crippen LogP contribution in [-0.2, 0) is 23.8 Å². The van der Waals surface area contributed by atoms with Crippen LogP contribution in [0.15, 0.2) is 0 Å². The van der Waals surface area contributed by atoms with E-state index in [2.05, 4.69) is 13.8 Å². The van der Waals surface area contributed by atoms with Gasteiger partial charge in [0.25, 0.3) is 0 Å². The summed E-state index contributed by atoms with van der Waals surface area (Å²) in [6, 6.07) is 0. The van der Waals surface area contributed by atoms with Crippen LogP contribution in [0.2, 0.25) is 0 Å². The van der Waals surface area contributed by atoms with Crippen molar-refractivity contribution in [1.29, 1.82) is 0 Å². The molecule has 2 spiro atoms. The van der Waals surface area contributed by atoms with E-state index in [1.54, 1.807) is 6.92 Å². The molecular formula is C20H28O6. The van der Waals surface area contributed by atoms with E-state index in [1.165, 1.54) is 0 Å². The van der Waals surface area contributed by atoms with E-state index in [1.807, 2.05) is 0 Å². The predicted octanol–water partition coefficient (Wildman–Crippen LogP) is 1.97. The highest BCUT2D eigenvalue weighted by Gasteiger charge is 2.76. The van der Waals surface area contributed by atoms with Crippen LogP contribution in [0.1, 0.15) is 59.3 Å². The van der Waals surface area contributed by atoms with Crippen LogP contribution in [0, 0.1) is 22.7 Å². The maximum Gasteiger partial charge on any atom is 0.320 e. The zero-order valence-electron chi connectivity index (χ0n) is 15.7. The minimum atomic E-state index is -1.05. The van der Waals surface area contributed by atoms with Crippen LogP contribution in [0.5, 0.6) is 0 Å². The smallest absolute Gasteiger partial charge is 0.320 e. The van der Waals surface area contributed by atoms with Crippen LogP contribution in [0.3, 0.4) is 0 Å². The molecule has 3 aliphatic heterocycles. The Morgan fingerprint density at radius 1 is 1.15 bits per heavy atom. The summed E-state index contributed by atoms with van der Waals surface area (Å²) in [5.41, 5.74) is -2.20. The molecule has 0 amide bonds. The number of hydrogen-bond donors (Lipinski definition) is 1. The average Bonchev–Trinajstić information content (AvgIpc) is 3.21. The molecule has 0 unspecified atom stereocenters. The van der Waals surface area contributed by atoms with Crippen LogP contribution in [0.25, 0.3) is 0 Å².